The predicted octanol–water partition coefficient (Wildman–Crippen LogP) is 3.20. The van der Waals surface area contributed by atoms with Crippen molar-refractivity contribution in [3.05, 3.63) is 66.0 Å². The van der Waals surface area contributed by atoms with Crippen molar-refractivity contribution in [2.45, 2.75) is 6.42 Å². The van der Waals surface area contributed by atoms with Crippen molar-refractivity contribution < 1.29 is 18.1 Å². The van der Waals surface area contributed by atoms with Crippen molar-refractivity contribution in [3.63, 3.8) is 0 Å². The molecule has 23 heavy (non-hydrogen) atoms. The molecular formula is C16H11F2N3O2. The van der Waals surface area contributed by atoms with E-state index in [0.29, 0.717) is 5.56 Å². The molecule has 0 atom stereocenters. The van der Waals surface area contributed by atoms with Gasteiger partial charge in [-0.1, -0.05) is 17.3 Å². The molecule has 2 aromatic carbocycles. The van der Waals surface area contributed by atoms with Crippen molar-refractivity contribution in [1.82, 2.24) is 10.1 Å². The maximum Gasteiger partial charge on any atom is 0.257 e. The summed E-state index contributed by atoms with van der Waals surface area (Å²) in [6, 6.07) is 11.4. The molecule has 0 aliphatic heterocycles. The summed E-state index contributed by atoms with van der Waals surface area (Å²) < 4.78 is 31.3. The van der Waals surface area contributed by atoms with Crippen LogP contribution >= 0.6 is 0 Å². The summed E-state index contributed by atoms with van der Waals surface area (Å²) in [4.78, 5) is 15.9. The molecule has 0 spiro atoms. The van der Waals surface area contributed by atoms with Crippen LogP contribution in [0.3, 0.4) is 0 Å². The molecule has 0 fully saturated rings. The van der Waals surface area contributed by atoms with Crippen LogP contribution in [0.2, 0.25) is 0 Å². The van der Waals surface area contributed by atoms with Gasteiger partial charge in [0.2, 0.25) is 5.91 Å². The van der Waals surface area contributed by atoms with Crippen LogP contribution < -0.4 is 5.32 Å². The average Bonchev–Trinajstić information content (AvgIpc) is 2.98. The number of nitrogens with one attached hydrogen (secondary N) is 1. The van der Waals surface area contributed by atoms with Crippen LogP contribution in [0, 0.1) is 11.6 Å². The van der Waals surface area contributed by atoms with Gasteiger partial charge in [0.1, 0.15) is 11.6 Å². The van der Waals surface area contributed by atoms with Gasteiger partial charge >= 0.3 is 0 Å². The van der Waals surface area contributed by atoms with Crippen LogP contribution in [-0.2, 0) is 11.2 Å². The van der Waals surface area contributed by atoms with Gasteiger partial charge in [-0.3, -0.25) is 4.79 Å². The Morgan fingerprint density at radius 2 is 1.83 bits per heavy atom. The number of halogens is 2. The van der Waals surface area contributed by atoms with Crippen LogP contribution in [0.4, 0.5) is 14.5 Å². The van der Waals surface area contributed by atoms with Crippen molar-refractivity contribution in [1.29, 1.82) is 0 Å². The monoisotopic (exact) mass is 315 g/mol. The third kappa shape index (κ3) is 3.57. The molecule has 0 radical (unpaired) electrons. The molecule has 1 aromatic heterocycles. The van der Waals surface area contributed by atoms with Crippen molar-refractivity contribution in [2.24, 2.45) is 0 Å². The Balaban J connectivity index is 1.68. The van der Waals surface area contributed by atoms with Crippen molar-refractivity contribution >= 4 is 11.6 Å². The van der Waals surface area contributed by atoms with E-state index in [2.05, 4.69) is 15.5 Å². The van der Waals surface area contributed by atoms with Crippen LogP contribution in [0.15, 0.2) is 53.1 Å². The number of hydrogen-bond donors (Lipinski definition) is 1. The van der Waals surface area contributed by atoms with E-state index in [9.17, 15) is 13.6 Å². The van der Waals surface area contributed by atoms with Gasteiger partial charge in [-0.2, -0.15) is 4.98 Å². The number of hydrogen-bond acceptors (Lipinski definition) is 4. The number of amides is 1. The zero-order valence-electron chi connectivity index (χ0n) is 11.8. The Bertz CT molecular complexity index is 831. The van der Waals surface area contributed by atoms with Crippen LogP contribution in [-0.4, -0.2) is 16.0 Å². The van der Waals surface area contributed by atoms with Gasteiger partial charge in [0, 0.05) is 5.56 Å². The van der Waals surface area contributed by atoms with E-state index in [1.54, 1.807) is 6.07 Å². The number of nitrogens with zero attached hydrogens (tertiary/aromatic N) is 2. The topological polar surface area (TPSA) is 68.0 Å². The molecule has 7 heteroatoms. The second kappa shape index (κ2) is 6.35. The highest BCUT2D eigenvalue weighted by Gasteiger charge is 2.13. The van der Waals surface area contributed by atoms with E-state index in [-0.39, 0.29) is 29.6 Å². The predicted molar refractivity (Wildman–Crippen MR) is 78.4 cm³/mol. The first-order valence-corrected chi connectivity index (χ1v) is 6.75. The SMILES string of the molecule is O=C(Cc1noc(-c2ccc(F)cc2)n1)Nc1ccccc1F. The highest BCUT2D eigenvalue weighted by molar-refractivity contribution is 5.91. The number of aromatic nitrogens is 2. The fourth-order valence-corrected chi connectivity index (χ4v) is 1.94. The lowest BCUT2D eigenvalue weighted by Crippen LogP contribution is -2.16. The highest BCUT2D eigenvalue weighted by Crippen LogP contribution is 2.18. The first-order chi connectivity index (χ1) is 11.1. The molecule has 0 aliphatic rings. The van der Waals surface area contributed by atoms with Gasteiger partial charge in [0.05, 0.1) is 12.1 Å². The van der Waals surface area contributed by atoms with Gasteiger partial charge in [-0.25, -0.2) is 8.78 Å². The molecule has 0 bridgehead atoms. The second-order valence-corrected chi connectivity index (χ2v) is 4.73. The summed E-state index contributed by atoms with van der Waals surface area (Å²) in [6.07, 6.45) is -0.168. The van der Waals surface area contributed by atoms with E-state index < -0.39 is 11.7 Å². The lowest BCUT2D eigenvalue weighted by molar-refractivity contribution is -0.115. The quantitative estimate of drug-likeness (QED) is 0.803. The smallest absolute Gasteiger partial charge is 0.257 e. The standard InChI is InChI=1S/C16H11F2N3O2/c17-11-7-5-10(6-8-11)16-20-14(21-23-16)9-15(22)19-13-4-2-1-3-12(13)18/h1-8H,9H2,(H,19,22). The van der Waals surface area contributed by atoms with Gasteiger partial charge in [-0.05, 0) is 36.4 Å². The number of carbonyl (C=O) groups is 1. The third-order valence-electron chi connectivity index (χ3n) is 3.03. The van der Waals surface area contributed by atoms with E-state index in [1.165, 1.54) is 42.5 Å². The highest BCUT2D eigenvalue weighted by atomic mass is 19.1. The zero-order valence-corrected chi connectivity index (χ0v) is 11.8. The van der Waals surface area contributed by atoms with E-state index in [1.807, 2.05) is 0 Å². The summed E-state index contributed by atoms with van der Waals surface area (Å²) >= 11 is 0. The fraction of sp³-hybridized carbons (Fsp3) is 0.0625. The number of carbonyl (C=O) groups excluding carboxylic acids is 1. The lowest BCUT2D eigenvalue weighted by atomic mass is 10.2. The molecule has 0 unspecified atom stereocenters. The van der Waals surface area contributed by atoms with E-state index in [0.717, 1.165) is 0 Å². The van der Waals surface area contributed by atoms with Gasteiger partial charge in [-0.15, -0.1) is 0 Å². The first kappa shape index (κ1) is 14.8. The zero-order chi connectivity index (χ0) is 16.2. The average molecular weight is 315 g/mol. The maximum atomic E-state index is 13.5. The van der Waals surface area contributed by atoms with Gasteiger partial charge < -0.3 is 9.84 Å². The van der Waals surface area contributed by atoms with Crippen LogP contribution in [0.5, 0.6) is 0 Å². The van der Waals surface area contributed by atoms with E-state index in [4.69, 9.17) is 4.52 Å². The normalized spacial score (nSPS) is 10.5. The molecule has 1 heterocycles. The Morgan fingerprint density at radius 1 is 1.09 bits per heavy atom. The second-order valence-electron chi connectivity index (χ2n) is 4.73. The molecular weight excluding hydrogens is 304 g/mol. The molecule has 3 aromatic rings. The largest absolute Gasteiger partial charge is 0.334 e. The Morgan fingerprint density at radius 3 is 2.57 bits per heavy atom. The molecule has 116 valence electrons. The molecule has 1 N–H and O–H groups in total. The molecule has 1 amide bonds. The maximum absolute atomic E-state index is 13.5. The summed E-state index contributed by atoms with van der Waals surface area (Å²) in [5.74, 6) is -1.04. The lowest BCUT2D eigenvalue weighted by Gasteiger charge is -2.03. The van der Waals surface area contributed by atoms with Crippen LogP contribution in [0.25, 0.3) is 11.5 Å². The molecule has 3 rings (SSSR count). The summed E-state index contributed by atoms with van der Waals surface area (Å²) in [5.41, 5.74) is 0.624. The minimum absolute atomic E-state index is 0.0831. The number of anilines is 1. The summed E-state index contributed by atoms with van der Waals surface area (Å²) in [6.45, 7) is 0. The first-order valence-electron chi connectivity index (χ1n) is 6.75. The summed E-state index contributed by atoms with van der Waals surface area (Å²) in [7, 11) is 0. The van der Waals surface area contributed by atoms with Crippen LogP contribution in [0.1, 0.15) is 5.82 Å². The molecule has 0 saturated carbocycles. The number of para-hydroxylation sites is 1. The van der Waals surface area contributed by atoms with Crippen molar-refractivity contribution in [3.8, 4) is 11.5 Å². The molecule has 5 nitrogen and oxygen atoms in total. The Hall–Kier alpha value is -3.09. The number of rotatable bonds is 4. The molecule has 0 aliphatic carbocycles. The Labute approximate surface area is 130 Å². The molecule has 0 saturated heterocycles. The van der Waals surface area contributed by atoms with E-state index >= 15 is 0 Å². The fourth-order valence-electron chi connectivity index (χ4n) is 1.94. The summed E-state index contributed by atoms with van der Waals surface area (Å²) in [5, 5.41) is 6.11. The van der Waals surface area contributed by atoms with Crippen molar-refractivity contribution in [2.75, 3.05) is 5.32 Å². The van der Waals surface area contributed by atoms with Gasteiger partial charge in [0.25, 0.3) is 5.89 Å². The Kier molecular flexibility index (Phi) is 4.09. The minimum atomic E-state index is -0.527. The minimum Gasteiger partial charge on any atom is -0.334 e. The van der Waals surface area contributed by atoms with Gasteiger partial charge in [0.15, 0.2) is 5.82 Å². The third-order valence-corrected chi connectivity index (χ3v) is 3.03. The number of benzene rings is 2.